The third-order valence-corrected chi connectivity index (χ3v) is 4.82. The van der Waals surface area contributed by atoms with E-state index >= 15 is 0 Å². The van der Waals surface area contributed by atoms with Gasteiger partial charge in [-0.2, -0.15) is 4.98 Å². The van der Waals surface area contributed by atoms with E-state index in [1.807, 2.05) is 48.7 Å². The zero-order valence-corrected chi connectivity index (χ0v) is 15.7. The molecule has 0 atom stereocenters. The summed E-state index contributed by atoms with van der Waals surface area (Å²) < 4.78 is 11.4. The molecule has 3 aromatic heterocycles. The minimum Gasteiger partial charge on any atom is -0.488 e. The normalized spacial score (nSPS) is 14.5. The lowest BCUT2D eigenvalue weighted by Crippen LogP contribution is -2.53. The molecule has 1 aliphatic rings. The lowest BCUT2D eigenvalue weighted by molar-refractivity contribution is 0.0145. The van der Waals surface area contributed by atoms with Crippen molar-refractivity contribution in [1.29, 1.82) is 0 Å². The van der Waals surface area contributed by atoms with E-state index in [0.717, 1.165) is 36.5 Å². The summed E-state index contributed by atoms with van der Waals surface area (Å²) in [5.41, 5.74) is 2.95. The van der Waals surface area contributed by atoms with Gasteiger partial charge in [-0.15, -0.1) is 0 Å². The van der Waals surface area contributed by atoms with E-state index in [4.69, 9.17) is 9.26 Å². The molecule has 0 unspecified atom stereocenters. The summed E-state index contributed by atoms with van der Waals surface area (Å²) in [6.07, 6.45) is 7.31. The highest BCUT2D eigenvalue weighted by Gasteiger charge is 2.28. The number of hydrogen-bond acceptors (Lipinski definition) is 7. The molecule has 0 spiro atoms. The average Bonchev–Trinajstić information content (AvgIpc) is 3.24. The molecule has 7 heteroatoms. The van der Waals surface area contributed by atoms with Crippen LogP contribution in [0.5, 0.6) is 5.75 Å². The first kappa shape index (κ1) is 17.5. The quantitative estimate of drug-likeness (QED) is 0.503. The van der Waals surface area contributed by atoms with Gasteiger partial charge in [0.2, 0.25) is 5.82 Å². The molecular weight excluding hydrogens is 366 g/mol. The van der Waals surface area contributed by atoms with E-state index in [1.165, 1.54) is 5.56 Å². The molecule has 0 radical (unpaired) electrons. The highest BCUT2D eigenvalue weighted by Crippen LogP contribution is 2.25. The Morgan fingerprint density at radius 2 is 1.76 bits per heavy atom. The van der Waals surface area contributed by atoms with Gasteiger partial charge >= 0.3 is 0 Å². The Morgan fingerprint density at radius 1 is 0.931 bits per heavy atom. The standard InChI is InChI=1S/C22H19N5O2/c1-2-16(12-24-9-1)13-27-14-20(15-27)28-19-5-3-17(4-6-19)21-25-22(29-26-21)18-7-10-23-11-8-18/h1-12,20H,13-15H2. The summed E-state index contributed by atoms with van der Waals surface area (Å²) in [4.78, 5) is 15.0. The fourth-order valence-electron chi connectivity index (χ4n) is 3.30. The molecule has 0 amide bonds. The molecule has 0 aliphatic carbocycles. The molecule has 0 bridgehead atoms. The summed E-state index contributed by atoms with van der Waals surface area (Å²) in [7, 11) is 0. The van der Waals surface area contributed by atoms with Crippen molar-refractivity contribution in [2.75, 3.05) is 13.1 Å². The third kappa shape index (κ3) is 4.00. The van der Waals surface area contributed by atoms with Gasteiger partial charge in [-0.3, -0.25) is 14.9 Å². The Bertz CT molecular complexity index is 1060. The van der Waals surface area contributed by atoms with Crippen LogP contribution in [0.4, 0.5) is 0 Å². The molecular formula is C22H19N5O2. The minimum absolute atomic E-state index is 0.209. The molecule has 5 rings (SSSR count). The van der Waals surface area contributed by atoms with Crippen LogP contribution < -0.4 is 4.74 Å². The summed E-state index contributed by atoms with van der Waals surface area (Å²) in [5.74, 6) is 1.87. The van der Waals surface area contributed by atoms with Gasteiger partial charge < -0.3 is 9.26 Å². The lowest BCUT2D eigenvalue weighted by Gasteiger charge is -2.39. The van der Waals surface area contributed by atoms with Crippen LogP contribution in [0.3, 0.4) is 0 Å². The number of ether oxygens (including phenoxy) is 1. The lowest BCUT2D eigenvalue weighted by atomic mass is 10.1. The smallest absolute Gasteiger partial charge is 0.258 e. The first-order valence-corrected chi connectivity index (χ1v) is 9.46. The monoisotopic (exact) mass is 385 g/mol. The largest absolute Gasteiger partial charge is 0.488 e. The number of likely N-dealkylation sites (tertiary alicyclic amines) is 1. The maximum Gasteiger partial charge on any atom is 0.258 e. The summed E-state index contributed by atoms with van der Waals surface area (Å²) in [6, 6.07) is 15.5. The number of rotatable bonds is 6. The number of nitrogens with zero attached hydrogens (tertiary/aromatic N) is 5. The van der Waals surface area contributed by atoms with E-state index in [1.54, 1.807) is 18.6 Å². The van der Waals surface area contributed by atoms with Crippen molar-refractivity contribution in [2.45, 2.75) is 12.6 Å². The SMILES string of the molecule is c1cncc(CN2CC(Oc3ccc(-c4noc(-c5ccncc5)n4)cc3)C2)c1. The van der Waals surface area contributed by atoms with Gasteiger partial charge in [0.1, 0.15) is 11.9 Å². The molecule has 7 nitrogen and oxygen atoms in total. The molecule has 1 aliphatic heterocycles. The molecule has 0 N–H and O–H groups in total. The van der Waals surface area contributed by atoms with Crippen LogP contribution in [0.1, 0.15) is 5.56 Å². The maximum absolute atomic E-state index is 6.06. The van der Waals surface area contributed by atoms with Crippen molar-refractivity contribution in [2.24, 2.45) is 0 Å². The number of aromatic nitrogens is 4. The van der Waals surface area contributed by atoms with E-state index in [0.29, 0.717) is 11.7 Å². The second-order valence-corrected chi connectivity index (χ2v) is 6.98. The van der Waals surface area contributed by atoms with Gasteiger partial charge in [0, 0.05) is 55.5 Å². The van der Waals surface area contributed by atoms with Crippen molar-refractivity contribution in [3.63, 3.8) is 0 Å². The summed E-state index contributed by atoms with van der Waals surface area (Å²) in [5, 5.41) is 4.07. The Morgan fingerprint density at radius 3 is 2.52 bits per heavy atom. The Kier molecular flexibility index (Phi) is 4.72. The molecule has 29 heavy (non-hydrogen) atoms. The van der Waals surface area contributed by atoms with Crippen LogP contribution in [0.2, 0.25) is 0 Å². The van der Waals surface area contributed by atoms with Crippen molar-refractivity contribution in [3.8, 4) is 28.6 Å². The maximum atomic E-state index is 6.06. The zero-order valence-electron chi connectivity index (χ0n) is 15.7. The van der Waals surface area contributed by atoms with Crippen LogP contribution in [0.15, 0.2) is 77.8 Å². The van der Waals surface area contributed by atoms with Gasteiger partial charge in [-0.1, -0.05) is 11.2 Å². The molecule has 0 saturated carbocycles. The molecule has 144 valence electrons. The summed E-state index contributed by atoms with van der Waals surface area (Å²) >= 11 is 0. The second-order valence-electron chi connectivity index (χ2n) is 6.98. The van der Waals surface area contributed by atoms with Crippen molar-refractivity contribution < 1.29 is 9.26 Å². The van der Waals surface area contributed by atoms with Crippen LogP contribution in [0.25, 0.3) is 22.8 Å². The van der Waals surface area contributed by atoms with E-state index in [9.17, 15) is 0 Å². The Hall–Kier alpha value is -3.58. The van der Waals surface area contributed by atoms with Crippen molar-refractivity contribution in [3.05, 3.63) is 78.9 Å². The Balaban J connectivity index is 1.17. The molecule has 1 fully saturated rings. The highest BCUT2D eigenvalue weighted by molar-refractivity contribution is 5.60. The van der Waals surface area contributed by atoms with E-state index in [2.05, 4.69) is 31.1 Å². The van der Waals surface area contributed by atoms with E-state index in [-0.39, 0.29) is 6.10 Å². The van der Waals surface area contributed by atoms with Gasteiger partial charge in [0.25, 0.3) is 5.89 Å². The second kappa shape index (κ2) is 7.81. The molecule has 4 aromatic rings. The molecule has 1 saturated heterocycles. The van der Waals surface area contributed by atoms with Gasteiger partial charge in [-0.25, -0.2) is 0 Å². The first-order valence-electron chi connectivity index (χ1n) is 9.46. The number of hydrogen-bond donors (Lipinski definition) is 0. The zero-order chi connectivity index (χ0) is 19.5. The average molecular weight is 385 g/mol. The minimum atomic E-state index is 0.209. The van der Waals surface area contributed by atoms with Gasteiger partial charge in [0.15, 0.2) is 0 Å². The molecule has 1 aromatic carbocycles. The Labute approximate surface area is 168 Å². The van der Waals surface area contributed by atoms with Gasteiger partial charge in [0.05, 0.1) is 0 Å². The molecule has 4 heterocycles. The van der Waals surface area contributed by atoms with E-state index < -0.39 is 0 Å². The fourth-order valence-corrected chi connectivity index (χ4v) is 3.30. The van der Waals surface area contributed by atoms with Crippen LogP contribution >= 0.6 is 0 Å². The van der Waals surface area contributed by atoms with Crippen LogP contribution in [-0.4, -0.2) is 44.2 Å². The predicted octanol–water partition coefficient (Wildman–Crippen LogP) is 3.46. The third-order valence-electron chi connectivity index (χ3n) is 4.82. The number of benzene rings is 1. The van der Waals surface area contributed by atoms with Crippen molar-refractivity contribution >= 4 is 0 Å². The number of pyridine rings is 2. The first-order chi connectivity index (χ1) is 14.3. The fraction of sp³-hybridized carbons (Fsp3) is 0.182. The van der Waals surface area contributed by atoms with Gasteiger partial charge in [-0.05, 0) is 48.0 Å². The van der Waals surface area contributed by atoms with Crippen LogP contribution in [-0.2, 0) is 6.54 Å². The predicted molar refractivity (Wildman–Crippen MR) is 107 cm³/mol. The summed E-state index contributed by atoms with van der Waals surface area (Å²) in [6.45, 7) is 2.73. The van der Waals surface area contributed by atoms with Crippen molar-refractivity contribution in [1.82, 2.24) is 25.0 Å². The topological polar surface area (TPSA) is 77.2 Å². The van der Waals surface area contributed by atoms with Crippen LogP contribution in [0, 0.1) is 0 Å². The highest BCUT2D eigenvalue weighted by atomic mass is 16.5.